The highest BCUT2D eigenvalue weighted by Gasteiger charge is 2.07. The van der Waals surface area contributed by atoms with Gasteiger partial charge < -0.3 is 0 Å². The van der Waals surface area contributed by atoms with Crippen LogP contribution in [0.25, 0.3) is 0 Å². The Kier molecular flexibility index (Phi) is 10.2. The van der Waals surface area contributed by atoms with E-state index in [4.69, 9.17) is 0 Å². The second-order valence-corrected chi connectivity index (χ2v) is 9.07. The van der Waals surface area contributed by atoms with Crippen LogP contribution in [0.1, 0.15) is 85.8 Å². The van der Waals surface area contributed by atoms with Crippen molar-refractivity contribution in [3.63, 3.8) is 0 Å². The van der Waals surface area contributed by atoms with Crippen LogP contribution in [-0.4, -0.2) is 4.92 Å². The van der Waals surface area contributed by atoms with Crippen molar-refractivity contribution >= 4 is 27.7 Å². The van der Waals surface area contributed by atoms with Crippen LogP contribution in [0.15, 0.2) is 24.3 Å². The first kappa shape index (κ1) is 21.7. The molecule has 5 heteroatoms. The standard InChI is InChI=1S/C22H29NO2S2/c1-2-3-4-5-6-7-8-9-10-11-12-19-13-14-20(26-19)15-16-21-17-18-22(27-21)23(24)25/h13-14,17-18H,2-12H2,1H3. The summed E-state index contributed by atoms with van der Waals surface area (Å²) in [5.41, 5.74) is 0. The zero-order valence-corrected chi connectivity index (χ0v) is 17.8. The molecule has 146 valence electrons. The highest BCUT2D eigenvalue weighted by Crippen LogP contribution is 2.24. The Morgan fingerprint density at radius 1 is 0.815 bits per heavy atom. The lowest BCUT2D eigenvalue weighted by atomic mass is 10.1. The van der Waals surface area contributed by atoms with E-state index in [-0.39, 0.29) is 9.92 Å². The maximum Gasteiger partial charge on any atom is 0.325 e. The lowest BCUT2D eigenvalue weighted by Gasteiger charge is -2.01. The van der Waals surface area contributed by atoms with E-state index in [9.17, 15) is 10.1 Å². The quantitative estimate of drug-likeness (QED) is 0.159. The van der Waals surface area contributed by atoms with Crippen LogP contribution in [0.2, 0.25) is 0 Å². The van der Waals surface area contributed by atoms with Gasteiger partial charge in [-0.15, -0.1) is 11.3 Å². The third-order valence-electron chi connectivity index (χ3n) is 4.52. The Morgan fingerprint density at radius 3 is 1.96 bits per heavy atom. The van der Waals surface area contributed by atoms with Crippen LogP contribution in [0.5, 0.6) is 0 Å². The highest BCUT2D eigenvalue weighted by atomic mass is 32.1. The molecule has 0 aliphatic rings. The number of aryl methyl sites for hydroxylation is 1. The number of nitrogens with zero attached hydrogens (tertiary/aromatic N) is 1. The highest BCUT2D eigenvalue weighted by molar-refractivity contribution is 7.15. The normalized spacial score (nSPS) is 10.6. The Morgan fingerprint density at radius 2 is 1.37 bits per heavy atom. The van der Waals surface area contributed by atoms with Gasteiger partial charge in [0, 0.05) is 10.9 Å². The fourth-order valence-electron chi connectivity index (χ4n) is 2.98. The molecular weight excluding hydrogens is 374 g/mol. The second-order valence-electron chi connectivity index (χ2n) is 6.84. The SMILES string of the molecule is CCCCCCCCCCCCc1ccc(C#Cc2ccc([N+](=O)[O-])s2)s1. The maximum absolute atomic E-state index is 10.7. The van der Waals surface area contributed by atoms with Crippen LogP contribution in [0.3, 0.4) is 0 Å². The molecule has 0 bridgehead atoms. The van der Waals surface area contributed by atoms with Gasteiger partial charge in [-0.25, -0.2) is 0 Å². The Hall–Kier alpha value is -1.64. The minimum Gasteiger partial charge on any atom is -0.258 e. The monoisotopic (exact) mass is 403 g/mol. The zero-order chi connectivity index (χ0) is 19.3. The molecule has 0 aliphatic heterocycles. The Bertz CT molecular complexity index is 752. The van der Waals surface area contributed by atoms with Gasteiger partial charge in [-0.3, -0.25) is 10.1 Å². The Labute approximate surface area is 171 Å². The van der Waals surface area contributed by atoms with Crippen LogP contribution in [-0.2, 0) is 6.42 Å². The van der Waals surface area contributed by atoms with Gasteiger partial charge >= 0.3 is 5.00 Å². The largest absolute Gasteiger partial charge is 0.325 e. The van der Waals surface area contributed by atoms with Gasteiger partial charge in [0.2, 0.25) is 0 Å². The smallest absolute Gasteiger partial charge is 0.258 e. The van der Waals surface area contributed by atoms with Crippen molar-refractivity contribution < 1.29 is 4.92 Å². The van der Waals surface area contributed by atoms with Crippen LogP contribution in [0.4, 0.5) is 5.00 Å². The molecule has 0 fully saturated rings. The van der Waals surface area contributed by atoms with Gasteiger partial charge in [-0.1, -0.05) is 76.0 Å². The molecule has 2 aromatic heterocycles. The van der Waals surface area contributed by atoms with Gasteiger partial charge in [-0.2, -0.15) is 0 Å². The second kappa shape index (κ2) is 12.7. The number of thiophene rings is 2. The number of hydrogen-bond donors (Lipinski definition) is 0. The lowest BCUT2D eigenvalue weighted by molar-refractivity contribution is -0.380. The summed E-state index contributed by atoms with van der Waals surface area (Å²) in [4.78, 5) is 13.5. The van der Waals surface area contributed by atoms with Crippen molar-refractivity contribution in [1.82, 2.24) is 0 Å². The third-order valence-corrected chi connectivity index (χ3v) is 6.53. The Balaban J connectivity index is 1.61. The van der Waals surface area contributed by atoms with Gasteiger partial charge in [0.05, 0.1) is 14.7 Å². The minimum absolute atomic E-state index is 0.145. The van der Waals surface area contributed by atoms with Gasteiger partial charge in [0.25, 0.3) is 0 Å². The summed E-state index contributed by atoms with van der Waals surface area (Å²) in [6.07, 6.45) is 14.7. The molecule has 27 heavy (non-hydrogen) atoms. The van der Waals surface area contributed by atoms with E-state index in [0.29, 0.717) is 0 Å². The first-order valence-electron chi connectivity index (χ1n) is 10.0. The fraction of sp³-hybridized carbons (Fsp3) is 0.545. The van der Waals surface area contributed by atoms with Crippen molar-refractivity contribution in [2.45, 2.75) is 77.6 Å². The first-order valence-corrected chi connectivity index (χ1v) is 11.7. The molecule has 0 aromatic carbocycles. The molecule has 0 saturated heterocycles. The van der Waals surface area contributed by atoms with Crippen molar-refractivity contribution in [1.29, 1.82) is 0 Å². The summed E-state index contributed by atoms with van der Waals surface area (Å²) in [5.74, 6) is 6.16. The summed E-state index contributed by atoms with van der Waals surface area (Å²) in [6.45, 7) is 2.26. The minimum atomic E-state index is -0.369. The average Bonchev–Trinajstić information content (AvgIpc) is 3.31. The molecule has 0 unspecified atom stereocenters. The summed E-state index contributed by atoms with van der Waals surface area (Å²) in [5, 5.41) is 10.8. The van der Waals surface area contributed by atoms with Crippen LogP contribution in [0, 0.1) is 22.0 Å². The van der Waals surface area contributed by atoms with Gasteiger partial charge in [0.15, 0.2) is 0 Å². The summed E-state index contributed by atoms with van der Waals surface area (Å²) in [6, 6.07) is 7.46. The maximum atomic E-state index is 10.7. The molecule has 2 aromatic rings. The van der Waals surface area contributed by atoms with Crippen molar-refractivity contribution in [2.75, 3.05) is 0 Å². The van der Waals surface area contributed by atoms with E-state index in [2.05, 4.69) is 30.9 Å². The third kappa shape index (κ3) is 8.73. The summed E-state index contributed by atoms with van der Waals surface area (Å²) >= 11 is 2.87. The van der Waals surface area contributed by atoms with Crippen molar-refractivity contribution in [3.05, 3.63) is 49.0 Å². The molecule has 2 heterocycles. The summed E-state index contributed by atoms with van der Waals surface area (Å²) < 4.78 is 0. The van der Waals surface area contributed by atoms with Crippen LogP contribution >= 0.6 is 22.7 Å². The van der Waals surface area contributed by atoms with E-state index in [0.717, 1.165) is 27.5 Å². The molecule has 0 radical (unpaired) electrons. The van der Waals surface area contributed by atoms with Crippen molar-refractivity contribution in [3.8, 4) is 11.8 Å². The van der Waals surface area contributed by atoms with Gasteiger partial charge in [-0.05, 0) is 42.9 Å². The topological polar surface area (TPSA) is 43.1 Å². The van der Waals surface area contributed by atoms with Gasteiger partial charge in [0.1, 0.15) is 0 Å². The lowest BCUT2D eigenvalue weighted by Crippen LogP contribution is -1.84. The molecule has 0 aliphatic carbocycles. The number of hydrogen-bond acceptors (Lipinski definition) is 4. The molecular formula is C22H29NO2S2. The molecule has 0 amide bonds. The van der Waals surface area contributed by atoms with E-state index >= 15 is 0 Å². The molecule has 0 atom stereocenters. The van der Waals surface area contributed by atoms with Crippen molar-refractivity contribution in [2.24, 2.45) is 0 Å². The molecule has 2 rings (SSSR count). The average molecular weight is 404 g/mol. The molecule has 3 nitrogen and oxygen atoms in total. The van der Waals surface area contributed by atoms with Crippen LogP contribution < -0.4 is 0 Å². The molecule has 0 spiro atoms. The van der Waals surface area contributed by atoms with E-state index in [1.807, 2.05) is 0 Å². The molecule has 0 saturated carbocycles. The van der Waals surface area contributed by atoms with E-state index in [1.54, 1.807) is 17.4 Å². The van der Waals surface area contributed by atoms with E-state index in [1.165, 1.54) is 75.2 Å². The number of nitro groups is 1. The number of unbranched alkanes of at least 4 members (excludes halogenated alkanes) is 9. The first-order chi connectivity index (χ1) is 13.2. The van der Waals surface area contributed by atoms with E-state index < -0.39 is 0 Å². The predicted molar refractivity (Wildman–Crippen MR) is 117 cm³/mol. The fourth-order valence-corrected chi connectivity index (χ4v) is 4.56. The zero-order valence-electron chi connectivity index (χ0n) is 16.2. The summed E-state index contributed by atoms with van der Waals surface area (Å²) in [7, 11) is 0. The predicted octanol–water partition coefficient (Wildman–Crippen LogP) is 7.58. The number of rotatable bonds is 12. The molecule has 0 N–H and O–H groups in total.